The van der Waals surface area contributed by atoms with Crippen LogP contribution in [0.15, 0.2) is 53.6 Å². The second-order valence-electron chi connectivity index (χ2n) is 4.60. The molecule has 6 nitrogen and oxygen atoms in total. The van der Waals surface area contributed by atoms with Crippen LogP contribution in [0.4, 0.5) is 0 Å². The smallest absolute Gasteiger partial charge is 0.329 e. The molecule has 0 bridgehead atoms. The van der Waals surface area contributed by atoms with Crippen LogP contribution in [0.25, 0.3) is 0 Å². The number of phenols is 1. The normalized spacial score (nSPS) is 10.5. The number of nitrogens with zero attached hydrogens (tertiary/aromatic N) is 1. The number of amides is 2. The highest BCUT2D eigenvalue weighted by Gasteiger charge is 2.11. The minimum atomic E-state index is -0.879. The summed E-state index contributed by atoms with van der Waals surface area (Å²) in [5.41, 5.74) is 3.52. The maximum atomic E-state index is 11.6. The number of phenolic OH excluding ortho intramolecular Hbond substituents is 1. The molecule has 0 atom stereocenters. The lowest BCUT2D eigenvalue weighted by Gasteiger charge is -2.04. The van der Waals surface area contributed by atoms with E-state index < -0.39 is 11.8 Å². The summed E-state index contributed by atoms with van der Waals surface area (Å²) in [6.07, 6.45) is 1.32. The van der Waals surface area contributed by atoms with Gasteiger partial charge < -0.3 is 10.4 Å². The van der Waals surface area contributed by atoms with Crippen LogP contribution in [-0.2, 0) is 16.1 Å². The van der Waals surface area contributed by atoms with Crippen LogP contribution in [-0.4, -0.2) is 23.1 Å². The number of carbonyl (C=O) groups excluding carboxylic acids is 2. The molecular formula is C16H14ClN3O3. The predicted molar refractivity (Wildman–Crippen MR) is 87.1 cm³/mol. The molecule has 0 aliphatic carbocycles. The Hall–Kier alpha value is -2.86. The number of hydrazone groups is 1. The van der Waals surface area contributed by atoms with Crippen molar-refractivity contribution in [2.45, 2.75) is 6.54 Å². The average molecular weight is 332 g/mol. The Morgan fingerprint density at radius 2 is 1.87 bits per heavy atom. The lowest BCUT2D eigenvalue weighted by atomic mass is 10.2. The number of hydrogen-bond acceptors (Lipinski definition) is 4. The minimum Gasteiger partial charge on any atom is -0.508 e. The molecule has 0 aliphatic heterocycles. The van der Waals surface area contributed by atoms with Crippen molar-refractivity contribution < 1.29 is 14.7 Å². The Kier molecular flexibility index (Phi) is 5.71. The average Bonchev–Trinajstić information content (AvgIpc) is 2.54. The quantitative estimate of drug-likeness (QED) is 0.453. The lowest BCUT2D eigenvalue weighted by Crippen LogP contribution is -2.37. The van der Waals surface area contributed by atoms with Crippen LogP contribution in [0.5, 0.6) is 5.75 Å². The van der Waals surface area contributed by atoms with Crippen molar-refractivity contribution in [1.29, 1.82) is 0 Å². The van der Waals surface area contributed by atoms with Gasteiger partial charge in [-0.05, 0) is 35.4 Å². The fourth-order valence-electron chi connectivity index (χ4n) is 1.69. The molecule has 0 heterocycles. The highest BCUT2D eigenvalue weighted by Crippen LogP contribution is 2.09. The number of carbonyl (C=O) groups is 2. The van der Waals surface area contributed by atoms with Crippen molar-refractivity contribution in [3.8, 4) is 5.75 Å². The molecule has 3 N–H and O–H groups in total. The standard InChI is InChI=1S/C16H14ClN3O3/c17-13-6-4-11(5-7-13)9-18-15(22)16(23)20-19-10-12-2-1-3-14(21)8-12/h1-8,10,21H,9H2,(H,18,22)(H,20,23)/b19-10-. The van der Waals surface area contributed by atoms with Gasteiger partial charge in [0, 0.05) is 11.6 Å². The Labute approximate surface area is 137 Å². The Balaban J connectivity index is 1.80. The summed E-state index contributed by atoms with van der Waals surface area (Å²) in [4.78, 5) is 23.2. The Bertz CT molecular complexity index is 730. The van der Waals surface area contributed by atoms with Crippen molar-refractivity contribution in [2.75, 3.05) is 0 Å². The van der Waals surface area contributed by atoms with Gasteiger partial charge in [-0.25, -0.2) is 5.43 Å². The highest BCUT2D eigenvalue weighted by molar-refractivity contribution is 6.35. The molecule has 118 valence electrons. The van der Waals surface area contributed by atoms with E-state index in [1.165, 1.54) is 18.3 Å². The monoisotopic (exact) mass is 331 g/mol. The van der Waals surface area contributed by atoms with Crippen molar-refractivity contribution in [2.24, 2.45) is 5.10 Å². The summed E-state index contributed by atoms with van der Waals surface area (Å²) in [6.45, 7) is 0.208. The largest absolute Gasteiger partial charge is 0.508 e. The van der Waals surface area contributed by atoms with Gasteiger partial charge >= 0.3 is 11.8 Å². The predicted octanol–water partition coefficient (Wildman–Crippen LogP) is 1.81. The molecule has 7 heteroatoms. The summed E-state index contributed by atoms with van der Waals surface area (Å²) in [7, 11) is 0. The first kappa shape index (κ1) is 16.5. The maximum Gasteiger partial charge on any atom is 0.329 e. The zero-order chi connectivity index (χ0) is 16.7. The molecule has 0 aromatic heterocycles. The van der Waals surface area contributed by atoms with Crippen LogP contribution in [0.1, 0.15) is 11.1 Å². The van der Waals surface area contributed by atoms with E-state index in [4.69, 9.17) is 11.6 Å². The van der Waals surface area contributed by atoms with Crippen LogP contribution >= 0.6 is 11.6 Å². The first-order chi connectivity index (χ1) is 11.0. The van der Waals surface area contributed by atoms with Gasteiger partial charge in [0.1, 0.15) is 5.75 Å². The molecule has 0 spiro atoms. The van der Waals surface area contributed by atoms with E-state index in [1.807, 2.05) is 0 Å². The van der Waals surface area contributed by atoms with E-state index in [9.17, 15) is 14.7 Å². The van der Waals surface area contributed by atoms with Crippen molar-refractivity contribution in [3.63, 3.8) is 0 Å². The minimum absolute atomic E-state index is 0.0842. The van der Waals surface area contributed by atoms with Gasteiger partial charge in [-0.15, -0.1) is 0 Å². The summed E-state index contributed by atoms with van der Waals surface area (Å²) in [5.74, 6) is -1.59. The van der Waals surface area contributed by atoms with Crippen LogP contribution < -0.4 is 10.7 Å². The summed E-state index contributed by atoms with van der Waals surface area (Å²) in [5, 5.41) is 16.0. The van der Waals surface area contributed by atoms with Crippen LogP contribution in [0.3, 0.4) is 0 Å². The molecule has 2 aromatic rings. The van der Waals surface area contributed by atoms with E-state index in [1.54, 1.807) is 36.4 Å². The Morgan fingerprint density at radius 3 is 2.57 bits per heavy atom. The SMILES string of the molecule is O=C(NCc1ccc(Cl)cc1)C(=O)N/N=C\c1cccc(O)c1. The molecule has 0 fully saturated rings. The van der Waals surface area contributed by atoms with Crippen molar-refractivity contribution >= 4 is 29.6 Å². The highest BCUT2D eigenvalue weighted by atomic mass is 35.5. The van der Waals surface area contributed by atoms with E-state index in [0.717, 1.165) is 5.56 Å². The number of nitrogens with one attached hydrogen (secondary N) is 2. The van der Waals surface area contributed by atoms with Crippen molar-refractivity contribution in [1.82, 2.24) is 10.7 Å². The van der Waals surface area contributed by atoms with E-state index >= 15 is 0 Å². The fraction of sp³-hybridized carbons (Fsp3) is 0.0625. The summed E-state index contributed by atoms with van der Waals surface area (Å²) in [6, 6.07) is 13.2. The molecule has 2 rings (SSSR count). The molecule has 0 saturated heterocycles. The van der Waals surface area contributed by atoms with E-state index in [-0.39, 0.29) is 12.3 Å². The van der Waals surface area contributed by atoms with Gasteiger partial charge in [0.05, 0.1) is 6.21 Å². The molecule has 0 saturated carbocycles. The van der Waals surface area contributed by atoms with Gasteiger partial charge in [0.2, 0.25) is 0 Å². The molecular weight excluding hydrogens is 318 g/mol. The number of benzene rings is 2. The number of halogens is 1. The number of aromatic hydroxyl groups is 1. The first-order valence-electron chi connectivity index (χ1n) is 6.69. The second kappa shape index (κ2) is 7.95. The molecule has 2 aromatic carbocycles. The third-order valence-electron chi connectivity index (χ3n) is 2.82. The third-order valence-corrected chi connectivity index (χ3v) is 3.07. The van der Waals surface area contributed by atoms with Gasteiger partial charge in [0.15, 0.2) is 0 Å². The lowest BCUT2D eigenvalue weighted by molar-refractivity contribution is -0.139. The summed E-state index contributed by atoms with van der Waals surface area (Å²) < 4.78 is 0. The number of rotatable bonds is 4. The molecule has 0 radical (unpaired) electrons. The molecule has 0 unspecified atom stereocenters. The first-order valence-corrected chi connectivity index (χ1v) is 7.07. The van der Waals surface area contributed by atoms with Crippen LogP contribution in [0, 0.1) is 0 Å². The van der Waals surface area contributed by atoms with Gasteiger partial charge in [-0.3, -0.25) is 9.59 Å². The van der Waals surface area contributed by atoms with Crippen molar-refractivity contribution in [3.05, 3.63) is 64.7 Å². The molecule has 2 amide bonds. The maximum absolute atomic E-state index is 11.6. The van der Waals surface area contributed by atoms with Gasteiger partial charge in [0.25, 0.3) is 0 Å². The van der Waals surface area contributed by atoms with Gasteiger partial charge in [-0.1, -0.05) is 35.9 Å². The van der Waals surface area contributed by atoms with Crippen LogP contribution in [0.2, 0.25) is 5.02 Å². The summed E-state index contributed by atoms with van der Waals surface area (Å²) >= 11 is 5.76. The number of hydrogen-bond donors (Lipinski definition) is 3. The zero-order valence-corrected chi connectivity index (χ0v) is 12.7. The second-order valence-corrected chi connectivity index (χ2v) is 5.04. The zero-order valence-electron chi connectivity index (χ0n) is 12.0. The Morgan fingerprint density at radius 1 is 1.13 bits per heavy atom. The molecule has 23 heavy (non-hydrogen) atoms. The van der Waals surface area contributed by atoms with E-state index in [0.29, 0.717) is 10.6 Å². The van der Waals surface area contributed by atoms with E-state index in [2.05, 4.69) is 15.8 Å². The third kappa shape index (κ3) is 5.44. The fourth-order valence-corrected chi connectivity index (χ4v) is 1.81. The van der Waals surface area contributed by atoms with Gasteiger partial charge in [-0.2, -0.15) is 5.10 Å². The molecule has 0 aliphatic rings. The topological polar surface area (TPSA) is 90.8 Å².